The Morgan fingerprint density at radius 3 is 2.52 bits per heavy atom. The monoisotopic (exact) mass is 329 g/mol. The summed E-state index contributed by atoms with van der Waals surface area (Å²) in [6.45, 7) is 6.48. The molecule has 0 bridgehead atoms. The maximum atomic E-state index is 12.0. The number of para-hydroxylation sites is 1. The third-order valence-electron chi connectivity index (χ3n) is 3.38. The molecule has 0 saturated heterocycles. The van der Waals surface area contributed by atoms with E-state index in [2.05, 4.69) is 24.4 Å². The molecule has 0 aliphatic carbocycles. The number of benzene rings is 2. The molecule has 0 fully saturated rings. The average Bonchev–Trinajstić information content (AvgIpc) is 2.53. The van der Waals surface area contributed by atoms with Gasteiger partial charge in [-0.05, 0) is 44.5 Å². The first-order valence-electron chi connectivity index (χ1n) is 7.72. The summed E-state index contributed by atoms with van der Waals surface area (Å²) in [6, 6.07) is 16.0. The average molecular weight is 329 g/mol. The van der Waals surface area contributed by atoms with Gasteiger partial charge < -0.3 is 10.1 Å². The van der Waals surface area contributed by atoms with Crippen molar-refractivity contribution >= 4 is 17.7 Å². The molecule has 1 amide bonds. The third kappa shape index (κ3) is 5.99. The summed E-state index contributed by atoms with van der Waals surface area (Å²) in [4.78, 5) is 13.1. The van der Waals surface area contributed by atoms with Crippen LogP contribution in [0.4, 0.5) is 0 Å². The molecule has 0 spiro atoms. The molecule has 2 rings (SSSR count). The molecule has 0 radical (unpaired) electrons. The zero-order chi connectivity index (χ0) is 16.7. The molecule has 1 N–H and O–H groups in total. The van der Waals surface area contributed by atoms with Crippen LogP contribution in [0.3, 0.4) is 0 Å². The Labute approximate surface area is 142 Å². The number of hydrogen-bond acceptors (Lipinski definition) is 3. The molecule has 0 aliphatic heterocycles. The van der Waals surface area contributed by atoms with Gasteiger partial charge in [-0.1, -0.05) is 35.9 Å². The number of nitrogens with one attached hydrogen (secondary N) is 1. The minimum absolute atomic E-state index is 0.0245. The quantitative estimate of drug-likeness (QED) is 0.781. The van der Waals surface area contributed by atoms with Crippen LogP contribution in [0.5, 0.6) is 5.75 Å². The number of carbonyl (C=O) groups excluding carboxylic acids is 1. The van der Waals surface area contributed by atoms with E-state index in [0.29, 0.717) is 12.4 Å². The normalized spacial score (nSPS) is 11.8. The van der Waals surface area contributed by atoms with Gasteiger partial charge in [-0.2, -0.15) is 0 Å². The van der Waals surface area contributed by atoms with E-state index in [0.717, 1.165) is 16.2 Å². The van der Waals surface area contributed by atoms with Crippen molar-refractivity contribution in [2.45, 2.75) is 31.7 Å². The van der Waals surface area contributed by atoms with Gasteiger partial charge in [0, 0.05) is 4.90 Å². The number of thioether (sulfide) groups is 1. The largest absolute Gasteiger partial charge is 0.491 e. The Hall–Kier alpha value is -1.94. The smallest absolute Gasteiger partial charge is 0.230 e. The molecule has 4 heteroatoms. The highest BCUT2D eigenvalue weighted by molar-refractivity contribution is 8.00. The summed E-state index contributed by atoms with van der Waals surface area (Å²) >= 11 is 1.54. The molecule has 2 aromatic carbocycles. The van der Waals surface area contributed by atoms with E-state index < -0.39 is 0 Å². The summed E-state index contributed by atoms with van der Waals surface area (Å²) < 4.78 is 5.75. The number of ether oxygens (including phenoxy) is 1. The van der Waals surface area contributed by atoms with Gasteiger partial charge in [-0.15, -0.1) is 11.8 Å². The molecule has 122 valence electrons. The summed E-state index contributed by atoms with van der Waals surface area (Å²) in [6.07, 6.45) is 0. The maximum Gasteiger partial charge on any atom is 0.230 e. The Morgan fingerprint density at radius 1 is 1.13 bits per heavy atom. The molecule has 0 unspecified atom stereocenters. The van der Waals surface area contributed by atoms with Crippen molar-refractivity contribution in [3.63, 3.8) is 0 Å². The van der Waals surface area contributed by atoms with E-state index in [1.165, 1.54) is 5.56 Å². The fourth-order valence-corrected chi connectivity index (χ4v) is 2.78. The van der Waals surface area contributed by atoms with Gasteiger partial charge in [-0.3, -0.25) is 4.79 Å². The molecule has 1 atom stereocenters. The van der Waals surface area contributed by atoms with Crippen molar-refractivity contribution in [3.05, 3.63) is 59.7 Å². The van der Waals surface area contributed by atoms with E-state index in [1.807, 2.05) is 50.2 Å². The summed E-state index contributed by atoms with van der Waals surface area (Å²) in [7, 11) is 0. The third-order valence-corrected chi connectivity index (χ3v) is 4.39. The second-order valence-electron chi connectivity index (χ2n) is 5.65. The first-order valence-corrected chi connectivity index (χ1v) is 8.70. The topological polar surface area (TPSA) is 38.3 Å². The minimum atomic E-state index is -0.0271. The van der Waals surface area contributed by atoms with Crippen LogP contribution in [0.2, 0.25) is 0 Å². The molecule has 2 aromatic rings. The Kier molecular flexibility index (Phi) is 6.53. The molecule has 0 saturated carbocycles. The zero-order valence-corrected chi connectivity index (χ0v) is 14.7. The zero-order valence-electron chi connectivity index (χ0n) is 13.8. The molecule has 0 aliphatic rings. The predicted octanol–water partition coefficient (Wildman–Crippen LogP) is 3.98. The van der Waals surface area contributed by atoms with E-state index in [-0.39, 0.29) is 11.9 Å². The predicted molar refractivity (Wildman–Crippen MR) is 96.2 cm³/mol. The van der Waals surface area contributed by atoms with Gasteiger partial charge in [0.05, 0.1) is 11.8 Å². The van der Waals surface area contributed by atoms with Gasteiger partial charge in [-0.25, -0.2) is 0 Å². The first kappa shape index (κ1) is 17.4. The first-order chi connectivity index (χ1) is 11.0. The Morgan fingerprint density at radius 2 is 1.83 bits per heavy atom. The van der Waals surface area contributed by atoms with Crippen LogP contribution < -0.4 is 10.1 Å². The van der Waals surface area contributed by atoms with Gasteiger partial charge in [0.1, 0.15) is 12.4 Å². The fourth-order valence-electron chi connectivity index (χ4n) is 2.07. The van der Waals surface area contributed by atoms with Crippen LogP contribution >= 0.6 is 11.8 Å². The van der Waals surface area contributed by atoms with Crippen LogP contribution in [0.1, 0.15) is 18.1 Å². The van der Waals surface area contributed by atoms with Crippen LogP contribution in [-0.2, 0) is 4.79 Å². The Balaban J connectivity index is 1.72. The number of rotatable bonds is 7. The SMILES string of the molecule is Cc1ccc(SCC(=O)N[C@@H](C)COc2ccccc2C)cc1. The van der Waals surface area contributed by atoms with E-state index in [1.54, 1.807) is 11.8 Å². The highest BCUT2D eigenvalue weighted by Crippen LogP contribution is 2.18. The van der Waals surface area contributed by atoms with Gasteiger partial charge in [0.15, 0.2) is 0 Å². The van der Waals surface area contributed by atoms with Crippen molar-refractivity contribution in [3.8, 4) is 5.75 Å². The molecule has 3 nitrogen and oxygen atoms in total. The molecule has 0 aromatic heterocycles. The van der Waals surface area contributed by atoms with Crippen molar-refractivity contribution in [2.75, 3.05) is 12.4 Å². The second kappa shape index (κ2) is 8.63. The van der Waals surface area contributed by atoms with Crippen LogP contribution in [0.25, 0.3) is 0 Å². The van der Waals surface area contributed by atoms with Gasteiger partial charge in [0.25, 0.3) is 0 Å². The lowest BCUT2D eigenvalue weighted by molar-refractivity contribution is -0.119. The lowest BCUT2D eigenvalue weighted by atomic mass is 10.2. The van der Waals surface area contributed by atoms with Gasteiger partial charge >= 0.3 is 0 Å². The van der Waals surface area contributed by atoms with Crippen molar-refractivity contribution < 1.29 is 9.53 Å². The summed E-state index contributed by atoms with van der Waals surface area (Å²) in [5.74, 6) is 1.30. The number of amides is 1. The lowest BCUT2D eigenvalue weighted by Crippen LogP contribution is -2.37. The lowest BCUT2D eigenvalue weighted by Gasteiger charge is -2.16. The Bertz CT molecular complexity index is 640. The van der Waals surface area contributed by atoms with Crippen LogP contribution in [0.15, 0.2) is 53.4 Å². The van der Waals surface area contributed by atoms with Crippen LogP contribution in [0, 0.1) is 13.8 Å². The standard InChI is InChI=1S/C19H23NO2S/c1-14-8-10-17(11-9-14)23-13-19(21)20-16(3)12-22-18-7-5-4-6-15(18)2/h4-11,16H,12-13H2,1-3H3,(H,20,21)/t16-/m0/s1. The maximum absolute atomic E-state index is 12.0. The molecular weight excluding hydrogens is 306 g/mol. The van der Waals surface area contributed by atoms with E-state index in [4.69, 9.17) is 4.74 Å². The fraction of sp³-hybridized carbons (Fsp3) is 0.316. The summed E-state index contributed by atoms with van der Waals surface area (Å²) in [5, 5.41) is 2.97. The second-order valence-corrected chi connectivity index (χ2v) is 6.70. The molecule has 23 heavy (non-hydrogen) atoms. The molecular formula is C19H23NO2S. The number of hydrogen-bond donors (Lipinski definition) is 1. The highest BCUT2D eigenvalue weighted by atomic mass is 32.2. The van der Waals surface area contributed by atoms with E-state index >= 15 is 0 Å². The highest BCUT2D eigenvalue weighted by Gasteiger charge is 2.09. The van der Waals surface area contributed by atoms with Crippen LogP contribution in [-0.4, -0.2) is 24.3 Å². The van der Waals surface area contributed by atoms with Gasteiger partial charge in [0.2, 0.25) is 5.91 Å². The van der Waals surface area contributed by atoms with Crippen molar-refractivity contribution in [2.24, 2.45) is 0 Å². The number of carbonyl (C=O) groups is 1. The minimum Gasteiger partial charge on any atom is -0.491 e. The number of aryl methyl sites for hydroxylation is 2. The summed E-state index contributed by atoms with van der Waals surface area (Å²) in [5.41, 5.74) is 2.32. The van der Waals surface area contributed by atoms with Crippen molar-refractivity contribution in [1.29, 1.82) is 0 Å². The van der Waals surface area contributed by atoms with Crippen molar-refractivity contribution in [1.82, 2.24) is 5.32 Å². The molecule has 0 heterocycles. The van der Waals surface area contributed by atoms with E-state index in [9.17, 15) is 4.79 Å².